The summed E-state index contributed by atoms with van der Waals surface area (Å²) in [5, 5.41) is 4.35. The number of carbonyl (C=O) groups is 2. The maximum atomic E-state index is 11.6. The van der Waals surface area contributed by atoms with Crippen molar-refractivity contribution < 1.29 is 19.4 Å². The first-order valence-electron chi connectivity index (χ1n) is 7.53. The van der Waals surface area contributed by atoms with Gasteiger partial charge in [-0.2, -0.15) is 0 Å². The van der Waals surface area contributed by atoms with Crippen molar-refractivity contribution in [3.63, 3.8) is 0 Å². The Labute approximate surface area is 126 Å². The summed E-state index contributed by atoms with van der Waals surface area (Å²) in [6.07, 6.45) is 4.76. The quantitative estimate of drug-likeness (QED) is 0.532. The molecule has 1 aromatic carbocycles. The topological polar surface area (TPSA) is 63.6 Å². The summed E-state index contributed by atoms with van der Waals surface area (Å²) < 4.78 is 11.7. The smallest absolute Gasteiger partial charge is 0.313 e. The lowest BCUT2D eigenvalue weighted by atomic mass is 10.1. The van der Waals surface area contributed by atoms with Crippen LogP contribution in [-0.4, -0.2) is 31.0 Å². The Balaban J connectivity index is 2.15. The molecule has 1 N–H and O–H groups in total. The predicted molar refractivity (Wildman–Crippen MR) is 81.6 cm³/mol. The van der Waals surface area contributed by atoms with Crippen LogP contribution in [0.5, 0.6) is 0 Å². The monoisotopic (exact) mass is 292 g/mol. The second-order valence-electron chi connectivity index (χ2n) is 4.91. The first-order valence-corrected chi connectivity index (χ1v) is 7.12. The molecule has 0 fully saturated rings. The number of aliphatic hydroxyl groups is 1. The molecule has 0 unspecified atom stereocenters. The molecular formula is C17H22O4. The number of carbonyl (C=O) groups excluding carboxylic acids is 2. The third kappa shape index (κ3) is 8.76. The van der Waals surface area contributed by atoms with Crippen molar-refractivity contribution in [2.75, 3.05) is 6.61 Å². The Bertz CT molecular complexity index is 485. The van der Waals surface area contributed by atoms with E-state index >= 15 is 0 Å². The third-order valence-corrected chi connectivity index (χ3v) is 2.86. The van der Waals surface area contributed by atoms with Gasteiger partial charge in [0.15, 0.2) is 0 Å². The molecule has 1 atom stereocenters. The number of hydrogen-bond acceptors (Lipinski definition) is 4. The Morgan fingerprint density at radius 1 is 1.38 bits per heavy atom. The Morgan fingerprint density at radius 3 is 2.86 bits per heavy atom. The molecule has 4 heteroatoms. The van der Waals surface area contributed by atoms with E-state index in [2.05, 4.69) is 5.11 Å². The molecule has 0 aromatic heterocycles. The maximum absolute atomic E-state index is 11.6. The second kappa shape index (κ2) is 9.88. The largest absolute Gasteiger partial charge is 0.461 e. The minimum Gasteiger partial charge on any atom is -0.461 e. The fraction of sp³-hybridized carbons (Fsp3) is 0.412. The van der Waals surface area contributed by atoms with Gasteiger partial charge in [-0.05, 0) is 31.4 Å². The Kier molecular flexibility index (Phi) is 7.27. The number of hydrogen-bond donors (Lipinski definition) is 1. The Morgan fingerprint density at radius 2 is 2.14 bits per heavy atom. The molecule has 1 aromatic rings. The number of benzene rings is 1. The van der Waals surface area contributed by atoms with Crippen molar-refractivity contribution in [3.05, 3.63) is 42.0 Å². The zero-order chi connectivity index (χ0) is 16.2. The van der Waals surface area contributed by atoms with Crippen molar-refractivity contribution in [1.29, 1.82) is 1.43 Å². The molecule has 0 aliphatic carbocycles. The van der Waals surface area contributed by atoms with Gasteiger partial charge in [0, 0.05) is 6.42 Å². The van der Waals surface area contributed by atoms with Crippen molar-refractivity contribution in [2.45, 2.75) is 38.7 Å². The third-order valence-electron chi connectivity index (χ3n) is 2.86. The molecule has 0 bridgehead atoms. The summed E-state index contributed by atoms with van der Waals surface area (Å²) in [5.41, 5.74) is 1.03. The average Bonchev–Trinajstić information content (AvgIpc) is 2.52. The first-order chi connectivity index (χ1) is 10.6. The number of rotatable bonds is 10. The van der Waals surface area contributed by atoms with E-state index in [0.717, 1.165) is 5.56 Å². The molecule has 0 saturated carbocycles. The lowest BCUT2D eigenvalue weighted by molar-refractivity contribution is -0.144. The molecule has 0 amide bonds. The van der Waals surface area contributed by atoms with E-state index in [1.807, 2.05) is 36.4 Å². The van der Waals surface area contributed by atoms with Gasteiger partial charge >= 0.3 is 5.97 Å². The number of aliphatic hydroxyl groups excluding tert-OH is 1. The summed E-state index contributed by atoms with van der Waals surface area (Å²) in [6, 6.07) is 9.68. The first kappa shape index (κ1) is 15.4. The Hall–Kier alpha value is -1.94. The molecular weight excluding hydrogens is 268 g/mol. The lowest BCUT2D eigenvalue weighted by Crippen LogP contribution is -2.12. The fourth-order valence-electron chi connectivity index (χ4n) is 1.78. The molecule has 114 valence electrons. The van der Waals surface area contributed by atoms with E-state index in [9.17, 15) is 9.59 Å². The van der Waals surface area contributed by atoms with Crippen molar-refractivity contribution in [2.24, 2.45) is 0 Å². The minimum absolute atomic E-state index is 0.144. The van der Waals surface area contributed by atoms with E-state index in [1.54, 1.807) is 13.0 Å². The van der Waals surface area contributed by atoms with Gasteiger partial charge < -0.3 is 9.85 Å². The molecule has 0 heterocycles. The summed E-state index contributed by atoms with van der Waals surface area (Å²) in [5.74, 6) is -0.651. The highest BCUT2D eigenvalue weighted by molar-refractivity contribution is 5.95. The van der Waals surface area contributed by atoms with Crippen LogP contribution >= 0.6 is 0 Å². The van der Waals surface area contributed by atoms with Gasteiger partial charge in [-0.3, -0.25) is 9.59 Å². The van der Waals surface area contributed by atoms with Crippen LogP contribution in [0.2, 0.25) is 0 Å². The van der Waals surface area contributed by atoms with Crippen LogP contribution in [-0.2, 0) is 14.3 Å². The minimum atomic E-state index is -0.507. The molecule has 0 aliphatic heterocycles. The number of ketones is 1. The standard InChI is InChI=1S/C17H22O4/c1-14(18)7-5-11-16(19)13-17(20)21-12-6-10-15-8-3-2-4-9-15/h2-4,6,8-10,14,18H,5,7,11-13H2,1H3/b10-6+/t14-/m1/s1/i18T. The predicted octanol–water partition coefficient (Wildman–Crippen LogP) is 2.75. The highest BCUT2D eigenvalue weighted by Gasteiger charge is 2.10. The summed E-state index contributed by atoms with van der Waals surface area (Å²) >= 11 is 0. The van der Waals surface area contributed by atoms with Crippen molar-refractivity contribution >= 4 is 17.8 Å². The highest BCUT2D eigenvalue weighted by Crippen LogP contribution is 2.04. The highest BCUT2D eigenvalue weighted by atomic mass is 16.5. The van der Waals surface area contributed by atoms with E-state index in [4.69, 9.17) is 6.17 Å². The van der Waals surface area contributed by atoms with E-state index < -0.39 is 5.97 Å². The van der Waals surface area contributed by atoms with Crippen molar-refractivity contribution in [1.82, 2.24) is 0 Å². The van der Waals surface area contributed by atoms with E-state index in [1.165, 1.54) is 0 Å². The average molecular weight is 292 g/mol. The van der Waals surface area contributed by atoms with E-state index in [0.29, 0.717) is 19.3 Å². The number of ether oxygens (including phenoxy) is 1. The zero-order valence-electron chi connectivity index (χ0n) is 13.3. The van der Waals surface area contributed by atoms with Gasteiger partial charge in [-0.25, -0.2) is 0 Å². The lowest BCUT2D eigenvalue weighted by Gasteiger charge is -2.03. The van der Waals surface area contributed by atoms with Gasteiger partial charge in [0.25, 0.3) is 0 Å². The molecule has 0 radical (unpaired) electrons. The van der Waals surface area contributed by atoms with Gasteiger partial charge in [-0.1, -0.05) is 36.4 Å². The van der Waals surface area contributed by atoms with Crippen LogP contribution in [0, 0.1) is 0 Å². The normalized spacial score (nSPS) is 12.9. The number of Topliss-reactive ketones (excluding diaryl/α,β-unsaturated/α-hetero) is 1. The van der Waals surface area contributed by atoms with Crippen LogP contribution in [0.1, 0.15) is 38.2 Å². The molecule has 0 saturated heterocycles. The SMILES string of the molecule is [3H]O[C@H](C)CCCC(=O)CC(=O)OC/C=C/c1ccccc1. The summed E-state index contributed by atoms with van der Waals surface area (Å²) in [7, 11) is 0. The second-order valence-corrected chi connectivity index (χ2v) is 4.91. The maximum Gasteiger partial charge on any atom is 0.313 e. The molecule has 21 heavy (non-hydrogen) atoms. The van der Waals surface area contributed by atoms with Crippen LogP contribution in [0.25, 0.3) is 6.08 Å². The fourth-order valence-corrected chi connectivity index (χ4v) is 1.78. The van der Waals surface area contributed by atoms with Gasteiger partial charge in [0.1, 0.15) is 18.8 Å². The van der Waals surface area contributed by atoms with Gasteiger partial charge in [0.2, 0.25) is 1.43 Å². The molecule has 1 rings (SSSR count). The summed E-state index contributed by atoms with van der Waals surface area (Å²) in [4.78, 5) is 23.1. The number of esters is 1. The zero-order valence-corrected chi connectivity index (χ0v) is 12.3. The molecule has 4 nitrogen and oxygen atoms in total. The van der Waals surface area contributed by atoms with Crippen LogP contribution < -0.4 is 0 Å². The van der Waals surface area contributed by atoms with Crippen molar-refractivity contribution in [3.8, 4) is 0 Å². The van der Waals surface area contributed by atoms with Crippen LogP contribution in [0.3, 0.4) is 0 Å². The summed E-state index contributed by atoms with van der Waals surface area (Å²) in [6.45, 7) is 1.93. The van der Waals surface area contributed by atoms with Crippen LogP contribution in [0.4, 0.5) is 0 Å². The molecule has 0 spiro atoms. The van der Waals surface area contributed by atoms with Gasteiger partial charge in [-0.15, -0.1) is 0 Å². The molecule has 0 aliphatic rings. The van der Waals surface area contributed by atoms with Gasteiger partial charge in [0.05, 0.1) is 6.10 Å². The van der Waals surface area contributed by atoms with E-state index in [-0.39, 0.29) is 24.9 Å². The van der Waals surface area contributed by atoms with Crippen LogP contribution in [0.15, 0.2) is 36.4 Å².